The van der Waals surface area contributed by atoms with E-state index in [2.05, 4.69) is 54.2 Å². The molecular formula is C26H37ClN6O2S. The van der Waals surface area contributed by atoms with Gasteiger partial charge >= 0.3 is 0 Å². The molecule has 1 aliphatic heterocycles. The Morgan fingerprint density at radius 1 is 1.33 bits per heavy atom. The molecule has 0 spiro atoms. The predicted octanol–water partition coefficient (Wildman–Crippen LogP) is 4.01. The lowest BCUT2D eigenvalue weighted by molar-refractivity contribution is -0.117. The molecule has 2 amide bonds. The number of thiophene rings is 1. The van der Waals surface area contributed by atoms with E-state index in [-0.39, 0.29) is 11.8 Å². The van der Waals surface area contributed by atoms with Crippen molar-refractivity contribution in [1.82, 2.24) is 25.4 Å². The van der Waals surface area contributed by atoms with Crippen molar-refractivity contribution in [2.24, 2.45) is 4.99 Å². The minimum Gasteiger partial charge on any atom is -0.352 e. The van der Waals surface area contributed by atoms with Crippen molar-refractivity contribution >= 4 is 40.7 Å². The number of hydrogen-bond acceptors (Lipinski definition) is 6. The molecule has 3 heterocycles. The molecule has 1 aliphatic rings. The molecule has 0 aromatic carbocycles. The quantitative estimate of drug-likeness (QED) is 0.304. The number of likely N-dealkylation sites (tertiary alicyclic amines) is 1. The van der Waals surface area contributed by atoms with Crippen LogP contribution in [0, 0.1) is 13.8 Å². The summed E-state index contributed by atoms with van der Waals surface area (Å²) in [6, 6.07) is 4.48. The summed E-state index contributed by atoms with van der Waals surface area (Å²) in [6.07, 6.45) is 2.82. The topological polar surface area (TPSA) is 89.9 Å². The van der Waals surface area contributed by atoms with Crippen LogP contribution in [0.1, 0.15) is 60.3 Å². The highest BCUT2D eigenvalue weighted by atomic mass is 35.5. The van der Waals surface area contributed by atoms with E-state index < -0.39 is 0 Å². The highest BCUT2D eigenvalue weighted by Gasteiger charge is 2.29. The molecule has 36 heavy (non-hydrogen) atoms. The van der Waals surface area contributed by atoms with Crippen LogP contribution in [0.3, 0.4) is 0 Å². The van der Waals surface area contributed by atoms with Gasteiger partial charge in [-0.2, -0.15) is 11.3 Å². The zero-order chi connectivity index (χ0) is 26.2. The van der Waals surface area contributed by atoms with E-state index in [1.165, 1.54) is 12.5 Å². The maximum absolute atomic E-state index is 12.7. The van der Waals surface area contributed by atoms with Crippen molar-refractivity contribution < 1.29 is 9.59 Å². The number of aromatic nitrogens is 1. The third-order valence-electron chi connectivity index (χ3n) is 6.71. The van der Waals surface area contributed by atoms with Gasteiger partial charge in [0.1, 0.15) is 5.15 Å². The standard InChI is InChI=1S/C26H37ClN6O2S/c1-17-14-23(27)30-19(3)24(17)25(35)29-10-6-18(2)32-11-7-22(8-12-32)33(15-21-9-13-36-16-21)26(28-5)31-20(4)34/h9,13-14,16,18,22H,6-8,10-12,15H2,1-5H3,(H,29,35)(H,28,31,34)/t18-/m1/s1. The first kappa shape index (κ1) is 28.1. The predicted molar refractivity (Wildman–Crippen MR) is 147 cm³/mol. The summed E-state index contributed by atoms with van der Waals surface area (Å²) in [6.45, 7) is 10.7. The van der Waals surface area contributed by atoms with Gasteiger partial charge in [0.2, 0.25) is 11.9 Å². The van der Waals surface area contributed by atoms with Crippen LogP contribution in [0.2, 0.25) is 5.15 Å². The monoisotopic (exact) mass is 532 g/mol. The van der Waals surface area contributed by atoms with Gasteiger partial charge in [-0.15, -0.1) is 0 Å². The summed E-state index contributed by atoms with van der Waals surface area (Å²) in [7, 11) is 1.72. The van der Waals surface area contributed by atoms with Gasteiger partial charge in [-0.25, -0.2) is 4.98 Å². The number of halogens is 1. The van der Waals surface area contributed by atoms with Crippen molar-refractivity contribution in [3.05, 3.63) is 50.4 Å². The molecule has 10 heteroatoms. The Morgan fingerprint density at radius 3 is 2.64 bits per heavy atom. The second-order valence-electron chi connectivity index (χ2n) is 9.37. The molecule has 0 aliphatic carbocycles. The number of nitrogens with zero attached hydrogens (tertiary/aromatic N) is 4. The second-order valence-corrected chi connectivity index (χ2v) is 10.5. The smallest absolute Gasteiger partial charge is 0.253 e. The van der Waals surface area contributed by atoms with Gasteiger partial charge in [-0.1, -0.05) is 11.6 Å². The first-order valence-electron chi connectivity index (χ1n) is 12.4. The van der Waals surface area contributed by atoms with Gasteiger partial charge in [-0.05, 0) is 74.1 Å². The minimum absolute atomic E-state index is 0.103. The van der Waals surface area contributed by atoms with Crippen molar-refractivity contribution in [2.75, 3.05) is 26.7 Å². The number of aryl methyl sites for hydroxylation is 2. The van der Waals surface area contributed by atoms with E-state index in [0.29, 0.717) is 41.0 Å². The Labute approximate surface area is 223 Å². The number of pyridine rings is 1. The molecule has 0 saturated carbocycles. The number of carbonyl (C=O) groups excluding carboxylic acids is 2. The molecule has 1 saturated heterocycles. The Hall–Kier alpha value is -2.49. The second kappa shape index (κ2) is 13.2. The Balaban J connectivity index is 1.53. The number of nitrogens with one attached hydrogen (secondary N) is 2. The SMILES string of the molecule is CN=C(NC(C)=O)N(Cc1ccsc1)C1CCN([C@H](C)CCNC(=O)c2c(C)cc(Cl)nc2C)CC1. The van der Waals surface area contributed by atoms with Crippen molar-refractivity contribution in [1.29, 1.82) is 0 Å². The van der Waals surface area contributed by atoms with Crippen LogP contribution in [-0.2, 0) is 11.3 Å². The molecule has 1 fully saturated rings. The van der Waals surface area contributed by atoms with Gasteiger partial charge in [0.05, 0.1) is 11.3 Å². The van der Waals surface area contributed by atoms with Crippen LogP contribution >= 0.6 is 22.9 Å². The van der Waals surface area contributed by atoms with Crippen LogP contribution in [-0.4, -0.2) is 71.3 Å². The fraction of sp³-hybridized carbons (Fsp3) is 0.538. The van der Waals surface area contributed by atoms with Crippen molar-refractivity contribution in [3.63, 3.8) is 0 Å². The highest BCUT2D eigenvalue weighted by Crippen LogP contribution is 2.22. The molecule has 1 atom stereocenters. The van der Waals surface area contributed by atoms with Crippen LogP contribution < -0.4 is 10.6 Å². The maximum atomic E-state index is 12.7. The van der Waals surface area contributed by atoms with Gasteiger partial charge in [-0.3, -0.25) is 19.9 Å². The Bertz CT molecular complexity index is 1040. The fourth-order valence-electron chi connectivity index (χ4n) is 4.80. The number of guanidine groups is 1. The van der Waals surface area contributed by atoms with Crippen LogP contribution in [0.25, 0.3) is 0 Å². The number of aliphatic imine (C=N–C) groups is 1. The van der Waals surface area contributed by atoms with E-state index in [1.807, 2.05) is 13.8 Å². The lowest BCUT2D eigenvalue weighted by Crippen LogP contribution is -2.53. The van der Waals surface area contributed by atoms with Crippen LogP contribution in [0.15, 0.2) is 27.9 Å². The normalized spacial score (nSPS) is 16.0. The third kappa shape index (κ3) is 7.51. The van der Waals surface area contributed by atoms with Gasteiger partial charge < -0.3 is 15.1 Å². The lowest BCUT2D eigenvalue weighted by Gasteiger charge is -2.41. The molecule has 2 aromatic heterocycles. The van der Waals surface area contributed by atoms with Gasteiger partial charge in [0, 0.05) is 52.2 Å². The van der Waals surface area contributed by atoms with Crippen molar-refractivity contribution in [2.45, 2.75) is 65.6 Å². The zero-order valence-electron chi connectivity index (χ0n) is 21.8. The largest absolute Gasteiger partial charge is 0.352 e. The summed E-state index contributed by atoms with van der Waals surface area (Å²) in [5.74, 6) is 0.414. The summed E-state index contributed by atoms with van der Waals surface area (Å²) in [5, 5.41) is 10.6. The summed E-state index contributed by atoms with van der Waals surface area (Å²) < 4.78 is 0. The summed E-state index contributed by atoms with van der Waals surface area (Å²) in [5.41, 5.74) is 3.31. The molecule has 196 valence electrons. The van der Waals surface area contributed by atoms with Gasteiger partial charge in [0.15, 0.2) is 0 Å². The zero-order valence-corrected chi connectivity index (χ0v) is 23.4. The van der Waals surface area contributed by atoms with Crippen LogP contribution in [0.5, 0.6) is 0 Å². The number of amides is 2. The van der Waals surface area contributed by atoms with Crippen LogP contribution in [0.4, 0.5) is 0 Å². The van der Waals surface area contributed by atoms with Gasteiger partial charge in [0.25, 0.3) is 5.91 Å². The Kier molecular flexibility index (Phi) is 10.3. The summed E-state index contributed by atoms with van der Waals surface area (Å²) in [4.78, 5) is 37.8. The first-order chi connectivity index (χ1) is 17.2. The highest BCUT2D eigenvalue weighted by molar-refractivity contribution is 7.07. The Morgan fingerprint density at radius 2 is 2.06 bits per heavy atom. The average Bonchev–Trinajstić information content (AvgIpc) is 3.34. The molecule has 2 aromatic rings. The van der Waals surface area contributed by atoms with Crippen molar-refractivity contribution in [3.8, 4) is 0 Å². The van der Waals surface area contributed by atoms with E-state index in [0.717, 1.165) is 44.5 Å². The molecular weight excluding hydrogens is 496 g/mol. The van der Waals surface area contributed by atoms with E-state index in [1.54, 1.807) is 24.5 Å². The minimum atomic E-state index is -0.112. The lowest BCUT2D eigenvalue weighted by atomic mass is 10.0. The molecule has 0 unspecified atom stereocenters. The van der Waals surface area contributed by atoms with E-state index >= 15 is 0 Å². The third-order valence-corrected chi connectivity index (χ3v) is 7.63. The molecule has 8 nitrogen and oxygen atoms in total. The van der Waals surface area contributed by atoms with E-state index in [4.69, 9.17) is 11.6 Å². The molecule has 3 rings (SSSR count). The number of carbonyl (C=O) groups is 2. The molecule has 0 bridgehead atoms. The number of rotatable bonds is 8. The van der Waals surface area contributed by atoms with E-state index in [9.17, 15) is 9.59 Å². The fourth-order valence-corrected chi connectivity index (χ4v) is 5.75. The maximum Gasteiger partial charge on any atom is 0.253 e. The summed E-state index contributed by atoms with van der Waals surface area (Å²) >= 11 is 7.67. The molecule has 0 radical (unpaired) electrons. The number of piperidine rings is 1. The number of hydrogen-bond donors (Lipinski definition) is 2. The first-order valence-corrected chi connectivity index (χ1v) is 13.7. The average molecular weight is 533 g/mol. The molecule has 2 N–H and O–H groups in total.